The Morgan fingerprint density at radius 3 is 2.36 bits per heavy atom. The summed E-state index contributed by atoms with van der Waals surface area (Å²) in [6, 6.07) is 0. The van der Waals surface area contributed by atoms with Crippen molar-refractivity contribution in [2.45, 2.75) is 38.5 Å². The van der Waals surface area contributed by atoms with Gasteiger partial charge in [-0.2, -0.15) is 0 Å². The highest BCUT2D eigenvalue weighted by Crippen LogP contribution is 2.06. The first-order valence-electron chi connectivity index (χ1n) is 4.84. The van der Waals surface area contributed by atoms with Crippen LogP contribution in [0.1, 0.15) is 38.5 Å². The molecule has 0 bridgehead atoms. The molecule has 11 heavy (non-hydrogen) atoms. The van der Waals surface area contributed by atoms with Crippen LogP contribution in [-0.4, -0.2) is 25.1 Å². The van der Waals surface area contributed by atoms with Crippen molar-refractivity contribution in [1.82, 2.24) is 10.4 Å². The third-order valence-corrected chi connectivity index (χ3v) is 2.30. The summed E-state index contributed by atoms with van der Waals surface area (Å²) in [6.45, 7) is 2.37. The summed E-state index contributed by atoms with van der Waals surface area (Å²) < 4.78 is 0. The summed E-state index contributed by atoms with van der Waals surface area (Å²) in [4.78, 5) is 0. The number of nitrogens with zero attached hydrogens (tertiary/aromatic N) is 1. The molecule has 1 fully saturated rings. The van der Waals surface area contributed by atoms with Crippen molar-refractivity contribution < 1.29 is 0 Å². The standard InChI is InChI=1S/C9H20N2/c1-11-9-7-5-3-2-4-6-8-10-11/h10H,2-9H2,1H3. The Bertz CT molecular complexity index is 83.6. The van der Waals surface area contributed by atoms with Gasteiger partial charge in [0, 0.05) is 20.1 Å². The summed E-state index contributed by atoms with van der Waals surface area (Å²) in [5, 5.41) is 2.23. The summed E-state index contributed by atoms with van der Waals surface area (Å²) >= 11 is 0. The molecule has 0 atom stereocenters. The highest BCUT2D eigenvalue weighted by atomic mass is 15.5. The zero-order valence-corrected chi connectivity index (χ0v) is 7.60. The van der Waals surface area contributed by atoms with E-state index < -0.39 is 0 Å². The van der Waals surface area contributed by atoms with Crippen LogP contribution >= 0.6 is 0 Å². The second-order valence-corrected chi connectivity index (χ2v) is 3.45. The van der Waals surface area contributed by atoms with E-state index >= 15 is 0 Å². The van der Waals surface area contributed by atoms with Crippen LogP contribution in [0.3, 0.4) is 0 Å². The number of hydrogen-bond donors (Lipinski definition) is 1. The smallest absolute Gasteiger partial charge is 0.0127 e. The molecule has 1 aliphatic rings. The third kappa shape index (κ3) is 4.38. The lowest BCUT2D eigenvalue weighted by atomic mass is 10.1. The molecule has 1 N–H and O–H groups in total. The first kappa shape index (κ1) is 9.01. The maximum Gasteiger partial charge on any atom is 0.0127 e. The Balaban J connectivity index is 2.12. The molecule has 0 spiro atoms. The first-order chi connectivity index (χ1) is 5.39. The van der Waals surface area contributed by atoms with Crippen LogP contribution in [0.15, 0.2) is 0 Å². The van der Waals surface area contributed by atoms with Crippen LogP contribution in [0.4, 0.5) is 0 Å². The Hall–Kier alpha value is -0.0800. The van der Waals surface area contributed by atoms with Crippen molar-refractivity contribution in [3.05, 3.63) is 0 Å². The average molecular weight is 156 g/mol. The lowest BCUT2D eigenvalue weighted by Gasteiger charge is -2.19. The molecule has 1 aliphatic heterocycles. The van der Waals surface area contributed by atoms with Gasteiger partial charge in [0.25, 0.3) is 0 Å². The van der Waals surface area contributed by atoms with Crippen LogP contribution in [-0.2, 0) is 0 Å². The van der Waals surface area contributed by atoms with Crippen LogP contribution in [0.5, 0.6) is 0 Å². The fourth-order valence-electron chi connectivity index (χ4n) is 1.53. The fraction of sp³-hybridized carbons (Fsp3) is 1.00. The molecule has 0 radical (unpaired) electrons. The van der Waals surface area contributed by atoms with Gasteiger partial charge in [0.1, 0.15) is 0 Å². The minimum absolute atomic E-state index is 1.16. The maximum absolute atomic E-state index is 3.39. The van der Waals surface area contributed by atoms with Crippen molar-refractivity contribution in [3.63, 3.8) is 0 Å². The molecule has 0 aromatic heterocycles. The molecule has 0 aliphatic carbocycles. The van der Waals surface area contributed by atoms with Gasteiger partial charge < -0.3 is 0 Å². The Morgan fingerprint density at radius 2 is 1.55 bits per heavy atom. The second-order valence-electron chi connectivity index (χ2n) is 3.45. The fourth-order valence-corrected chi connectivity index (χ4v) is 1.53. The predicted molar refractivity (Wildman–Crippen MR) is 48.3 cm³/mol. The third-order valence-electron chi connectivity index (χ3n) is 2.30. The van der Waals surface area contributed by atoms with Crippen molar-refractivity contribution in [3.8, 4) is 0 Å². The SMILES string of the molecule is CN1CCCCCCCCN1. The van der Waals surface area contributed by atoms with E-state index in [9.17, 15) is 0 Å². The summed E-state index contributed by atoms with van der Waals surface area (Å²) in [6.07, 6.45) is 8.37. The van der Waals surface area contributed by atoms with Gasteiger partial charge in [0.05, 0.1) is 0 Å². The van der Waals surface area contributed by atoms with Crippen LogP contribution < -0.4 is 5.43 Å². The number of nitrogens with one attached hydrogen (secondary N) is 1. The van der Waals surface area contributed by atoms with Crippen molar-refractivity contribution in [2.75, 3.05) is 20.1 Å². The molecule has 0 aromatic carbocycles. The van der Waals surface area contributed by atoms with E-state index in [-0.39, 0.29) is 0 Å². The van der Waals surface area contributed by atoms with E-state index in [0.717, 1.165) is 6.54 Å². The van der Waals surface area contributed by atoms with Crippen LogP contribution in [0, 0.1) is 0 Å². The van der Waals surface area contributed by atoms with Gasteiger partial charge in [-0.3, -0.25) is 5.43 Å². The highest BCUT2D eigenvalue weighted by molar-refractivity contribution is 4.53. The molecular formula is C9H20N2. The molecule has 1 rings (SSSR count). The molecule has 0 saturated carbocycles. The summed E-state index contributed by atoms with van der Waals surface area (Å²) in [7, 11) is 2.14. The number of hydrazine groups is 1. The lowest BCUT2D eigenvalue weighted by Crippen LogP contribution is -2.36. The van der Waals surface area contributed by atoms with Crippen LogP contribution in [0.25, 0.3) is 0 Å². The molecule has 0 unspecified atom stereocenters. The normalized spacial score (nSPS) is 24.8. The van der Waals surface area contributed by atoms with Gasteiger partial charge in [-0.05, 0) is 12.8 Å². The topological polar surface area (TPSA) is 15.3 Å². The Labute approximate surface area is 69.9 Å². The van der Waals surface area contributed by atoms with Crippen molar-refractivity contribution >= 4 is 0 Å². The molecule has 0 amide bonds. The molecule has 66 valence electrons. The van der Waals surface area contributed by atoms with E-state index in [0.29, 0.717) is 0 Å². The largest absolute Gasteiger partial charge is 0.255 e. The number of hydrogen-bond acceptors (Lipinski definition) is 2. The van der Waals surface area contributed by atoms with E-state index in [4.69, 9.17) is 0 Å². The van der Waals surface area contributed by atoms with Gasteiger partial charge in [-0.25, -0.2) is 5.01 Å². The summed E-state index contributed by atoms with van der Waals surface area (Å²) in [5.74, 6) is 0. The minimum atomic E-state index is 1.16. The van der Waals surface area contributed by atoms with Gasteiger partial charge >= 0.3 is 0 Å². The molecule has 2 nitrogen and oxygen atoms in total. The van der Waals surface area contributed by atoms with Crippen molar-refractivity contribution in [2.24, 2.45) is 0 Å². The maximum atomic E-state index is 3.39. The molecule has 1 saturated heterocycles. The van der Waals surface area contributed by atoms with E-state index in [1.54, 1.807) is 0 Å². The van der Waals surface area contributed by atoms with Gasteiger partial charge in [-0.15, -0.1) is 0 Å². The Morgan fingerprint density at radius 1 is 0.909 bits per heavy atom. The van der Waals surface area contributed by atoms with Gasteiger partial charge in [0.2, 0.25) is 0 Å². The van der Waals surface area contributed by atoms with Crippen LogP contribution in [0.2, 0.25) is 0 Å². The Kier molecular flexibility index (Phi) is 4.55. The van der Waals surface area contributed by atoms with E-state index in [1.165, 1.54) is 45.1 Å². The average Bonchev–Trinajstić information content (AvgIpc) is 2.03. The van der Waals surface area contributed by atoms with E-state index in [2.05, 4.69) is 17.5 Å². The zero-order valence-electron chi connectivity index (χ0n) is 7.60. The lowest BCUT2D eigenvalue weighted by molar-refractivity contribution is 0.223. The molecule has 2 heteroatoms. The number of rotatable bonds is 0. The van der Waals surface area contributed by atoms with Gasteiger partial charge in [0.15, 0.2) is 0 Å². The van der Waals surface area contributed by atoms with Gasteiger partial charge in [-0.1, -0.05) is 25.7 Å². The summed E-state index contributed by atoms with van der Waals surface area (Å²) in [5.41, 5.74) is 3.39. The molecule has 1 heterocycles. The molecule has 0 aromatic rings. The highest BCUT2D eigenvalue weighted by Gasteiger charge is 1.99. The van der Waals surface area contributed by atoms with Crippen molar-refractivity contribution in [1.29, 1.82) is 0 Å². The monoisotopic (exact) mass is 156 g/mol. The quantitative estimate of drug-likeness (QED) is 0.575. The predicted octanol–water partition coefficient (Wildman–Crippen LogP) is 1.78. The van der Waals surface area contributed by atoms with E-state index in [1.807, 2.05) is 0 Å². The second kappa shape index (κ2) is 5.56. The first-order valence-corrected chi connectivity index (χ1v) is 4.84. The molecular weight excluding hydrogens is 136 g/mol. The zero-order chi connectivity index (χ0) is 7.94. The minimum Gasteiger partial charge on any atom is -0.255 e.